The van der Waals surface area contributed by atoms with Crippen molar-refractivity contribution >= 4 is 31.5 Å². The van der Waals surface area contributed by atoms with Crippen LogP contribution < -0.4 is 4.57 Å². The van der Waals surface area contributed by atoms with E-state index >= 15 is 0 Å². The first-order chi connectivity index (χ1) is 13.2. The molecule has 0 bridgehead atoms. The Bertz CT molecular complexity index is 1290. The van der Waals surface area contributed by atoms with Gasteiger partial charge in [0.1, 0.15) is 7.05 Å². The van der Waals surface area contributed by atoms with Crippen molar-refractivity contribution in [3.63, 3.8) is 0 Å². The van der Waals surface area contributed by atoms with E-state index in [0.717, 1.165) is 42.7 Å². The van der Waals surface area contributed by atoms with Crippen molar-refractivity contribution in [3.05, 3.63) is 64.8 Å². The number of nitrogens with zero attached hydrogens (tertiary/aromatic N) is 2. The smallest absolute Gasteiger partial charge is 0.199 e. The number of rotatable bonds is 1. The molecule has 0 unspecified atom stereocenters. The van der Waals surface area contributed by atoms with E-state index in [-0.39, 0.29) is 0 Å². The zero-order valence-electron chi connectivity index (χ0n) is 17.3. The normalized spacial score (nSPS) is 13.4. The maximum Gasteiger partial charge on any atom is 0.214 e. The van der Waals surface area contributed by atoms with Gasteiger partial charge in [-0.3, -0.25) is 0 Å². The monoisotopic (exact) mass is 346 g/mol. The summed E-state index contributed by atoms with van der Waals surface area (Å²) >= 11 is 1.68. The predicted molar refractivity (Wildman–Crippen MR) is 105 cm³/mol. The van der Waals surface area contributed by atoms with Crippen molar-refractivity contribution in [3.8, 4) is 17.3 Å². The van der Waals surface area contributed by atoms with Gasteiger partial charge < -0.3 is 0 Å². The van der Waals surface area contributed by atoms with E-state index in [4.69, 9.17) is 4.11 Å². The van der Waals surface area contributed by atoms with E-state index in [1.165, 1.54) is 0 Å². The number of hydrogen-bond donors (Lipinski definition) is 0. The molecule has 0 aliphatic rings. The third kappa shape index (κ3) is 2.42. The molecule has 2 aromatic carbocycles. The highest BCUT2D eigenvalue weighted by molar-refractivity contribution is 7.26. The molecule has 0 spiro atoms. The molecular weight excluding hydrogens is 324 g/mol. The molecule has 0 fully saturated rings. The van der Waals surface area contributed by atoms with E-state index < -0.39 is 6.85 Å². The second-order valence-corrected chi connectivity index (χ2v) is 7.44. The van der Waals surface area contributed by atoms with Crippen molar-refractivity contribution in [2.45, 2.75) is 20.7 Å². The number of aromatic nitrogens is 1. The fourth-order valence-electron chi connectivity index (χ4n) is 3.36. The largest absolute Gasteiger partial charge is 0.214 e. The van der Waals surface area contributed by atoms with Gasteiger partial charge in [0.15, 0.2) is 5.69 Å². The molecule has 0 N–H and O–H groups in total. The average Bonchev–Trinajstić information content (AvgIpc) is 3.00. The van der Waals surface area contributed by atoms with Crippen LogP contribution in [0.3, 0.4) is 0 Å². The van der Waals surface area contributed by atoms with Crippen molar-refractivity contribution in [2.75, 3.05) is 0 Å². The number of pyridine rings is 1. The van der Waals surface area contributed by atoms with Crippen LogP contribution in [0.4, 0.5) is 0 Å². The number of nitriles is 1. The summed E-state index contributed by atoms with van der Waals surface area (Å²) in [6.07, 6.45) is 0. The zero-order chi connectivity index (χ0) is 20.2. The summed E-state index contributed by atoms with van der Waals surface area (Å²) in [5.74, 6) is 0. The minimum absolute atomic E-state index is 0.349. The minimum Gasteiger partial charge on any atom is -0.199 e. The Morgan fingerprint density at radius 2 is 1.92 bits per heavy atom. The van der Waals surface area contributed by atoms with E-state index in [0.29, 0.717) is 11.1 Å². The molecule has 0 radical (unpaired) electrons. The fourth-order valence-corrected chi connectivity index (χ4v) is 4.65. The predicted octanol–water partition coefficient (Wildman–Crippen LogP) is 5.34. The summed E-state index contributed by atoms with van der Waals surface area (Å²) in [5.41, 5.74) is 4.92. The summed E-state index contributed by atoms with van der Waals surface area (Å²) in [6.45, 7) is 1.83. The van der Waals surface area contributed by atoms with Crippen LogP contribution in [-0.4, -0.2) is 0 Å². The maximum absolute atomic E-state index is 9.25. The molecule has 122 valence electrons. The number of fused-ring (bicyclic) bond motifs is 3. The first-order valence-electron chi connectivity index (χ1n) is 9.58. The Morgan fingerprint density at radius 3 is 2.68 bits per heavy atom. The van der Waals surface area contributed by atoms with Crippen LogP contribution in [0.1, 0.15) is 26.5 Å². The third-order valence-corrected chi connectivity index (χ3v) is 5.98. The second kappa shape index (κ2) is 5.68. The molecule has 2 aromatic heterocycles. The van der Waals surface area contributed by atoms with Gasteiger partial charge in [0.25, 0.3) is 0 Å². The Labute approximate surface area is 155 Å². The van der Waals surface area contributed by atoms with E-state index in [1.54, 1.807) is 23.5 Å². The summed E-state index contributed by atoms with van der Waals surface area (Å²) in [6, 6.07) is 15.6. The van der Waals surface area contributed by atoms with E-state index in [9.17, 15) is 5.26 Å². The fraction of sp³-hybridized carbons (Fsp3) is 0.182. The van der Waals surface area contributed by atoms with Crippen LogP contribution in [0.5, 0.6) is 0 Å². The van der Waals surface area contributed by atoms with Crippen LogP contribution in [0.15, 0.2) is 42.5 Å². The molecular formula is C22H19N2S+. The average molecular weight is 346 g/mol. The van der Waals surface area contributed by atoms with Crippen molar-refractivity contribution in [1.82, 2.24) is 0 Å². The first kappa shape index (κ1) is 12.6. The molecule has 2 nitrogen and oxygen atoms in total. The van der Waals surface area contributed by atoms with Gasteiger partial charge in [0.05, 0.1) is 17.2 Å². The Balaban J connectivity index is 2.11. The van der Waals surface area contributed by atoms with Crippen LogP contribution in [-0.2, 0) is 7.05 Å². The molecule has 0 aliphatic carbocycles. The topological polar surface area (TPSA) is 27.7 Å². The lowest BCUT2D eigenvalue weighted by molar-refractivity contribution is -0.666. The molecule has 0 saturated carbocycles. The Morgan fingerprint density at radius 1 is 1.08 bits per heavy atom. The van der Waals surface area contributed by atoms with Crippen molar-refractivity contribution in [1.29, 1.82) is 5.26 Å². The molecule has 0 aliphatic heterocycles. The number of hydrogen-bond acceptors (Lipinski definition) is 2. The van der Waals surface area contributed by atoms with Gasteiger partial charge in [-0.25, -0.2) is 0 Å². The minimum atomic E-state index is -2.16. The Hall–Kier alpha value is -2.70. The molecule has 2 heterocycles. The third-order valence-electron chi connectivity index (χ3n) is 4.78. The van der Waals surface area contributed by atoms with Gasteiger partial charge in [0, 0.05) is 43.3 Å². The highest BCUT2D eigenvalue weighted by Crippen LogP contribution is 2.41. The van der Waals surface area contributed by atoms with Gasteiger partial charge >= 0.3 is 0 Å². The second-order valence-electron chi connectivity index (χ2n) is 6.39. The SMILES string of the molecule is [2H]C([2H])([2H])c1cc(C)[n+](C)c(-c2c(C)ccc3c2sc2ccc(C#N)cc23)c1. The molecule has 4 rings (SSSR count). The van der Waals surface area contributed by atoms with E-state index in [2.05, 4.69) is 25.1 Å². The lowest BCUT2D eigenvalue weighted by Gasteiger charge is -2.09. The first-order valence-corrected chi connectivity index (χ1v) is 8.90. The van der Waals surface area contributed by atoms with Gasteiger partial charge in [-0.1, -0.05) is 12.1 Å². The molecule has 25 heavy (non-hydrogen) atoms. The Kier molecular flexibility index (Phi) is 2.87. The molecule has 0 saturated heterocycles. The molecule has 0 amide bonds. The number of aryl methyl sites for hydroxylation is 3. The van der Waals surface area contributed by atoms with Crippen LogP contribution in [0, 0.1) is 32.0 Å². The maximum atomic E-state index is 9.25. The summed E-state index contributed by atoms with van der Waals surface area (Å²) < 4.78 is 27.8. The van der Waals surface area contributed by atoms with Gasteiger partial charge in [-0.05, 0) is 43.1 Å². The van der Waals surface area contributed by atoms with Crippen LogP contribution >= 0.6 is 11.3 Å². The van der Waals surface area contributed by atoms with Crippen molar-refractivity contribution in [2.24, 2.45) is 7.05 Å². The van der Waals surface area contributed by atoms with Crippen molar-refractivity contribution < 1.29 is 8.68 Å². The summed E-state index contributed by atoms with van der Waals surface area (Å²) in [5, 5.41) is 11.4. The van der Waals surface area contributed by atoms with Gasteiger partial charge in [0.2, 0.25) is 5.69 Å². The quantitative estimate of drug-likeness (QED) is 0.427. The lowest BCUT2D eigenvalue weighted by Crippen LogP contribution is -2.35. The molecule has 4 aromatic rings. The zero-order valence-corrected chi connectivity index (χ0v) is 15.2. The highest BCUT2D eigenvalue weighted by Gasteiger charge is 2.20. The van der Waals surface area contributed by atoms with Gasteiger partial charge in [-0.2, -0.15) is 9.83 Å². The van der Waals surface area contributed by atoms with Crippen LogP contribution in [0.25, 0.3) is 31.4 Å². The number of thiophene rings is 1. The van der Waals surface area contributed by atoms with Gasteiger partial charge in [-0.15, -0.1) is 11.3 Å². The molecule has 3 heteroatoms. The standard InChI is InChI=1S/C22H19N2S/c1-13-9-15(3)24(4)19(10-13)21-14(2)5-7-17-18-11-16(12-23)6-8-20(18)25-22(17)21/h5-11H,1-4H3/q+1/i1D3. The highest BCUT2D eigenvalue weighted by atomic mass is 32.1. The van der Waals surface area contributed by atoms with Crippen LogP contribution in [0.2, 0.25) is 0 Å². The number of benzene rings is 2. The summed E-state index contributed by atoms with van der Waals surface area (Å²) in [4.78, 5) is 0. The lowest BCUT2D eigenvalue weighted by atomic mass is 9.99. The summed E-state index contributed by atoms with van der Waals surface area (Å²) in [7, 11) is 1.97. The molecule has 0 atom stereocenters. The van der Waals surface area contributed by atoms with E-state index in [1.807, 2.05) is 36.7 Å².